The highest BCUT2D eigenvalue weighted by molar-refractivity contribution is 7.93. The van der Waals surface area contributed by atoms with Crippen LogP contribution in [0.2, 0.25) is 0 Å². The smallest absolute Gasteiger partial charge is 0.215 e. The van der Waals surface area contributed by atoms with E-state index < -0.39 is 31.2 Å². The highest BCUT2D eigenvalue weighted by Gasteiger charge is 2.34. The largest absolute Gasteiger partial charge is 0.389 e. The Morgan fingerprint density at radius 3 is 2.29 bits per heavy atom. The van der Waals surface area contributed by atoms with Crippen molar-refractivity contribution >= 4 is 19.9 Å². The Bertz CT molecular complexity index is 466. The lowest BCUT2D eigenvalue weighted by Crippen LogP contribution is -2.49. The van der Waals surface area contributed by atoms with E-state index in [0.717, 1.165) is 6.26 Å². The molecule has 1 unspecified atom stereocenters. The van der Waals surface area contributed by atoms with Crippen molar-refractivity contribution in [3.8, 4) is 0 Å². The Morgan fingerprint density at radius 2 is 1.82 bits per heavy atom. The van der Waals surface area contributed by atoms with Gasteiger partial charge in [0.2, 0.25) is 10.0 Å². The highest BCUT2D eigenvalue weighted by Crippen LogP contribution is 2.22. The number of rotatable bonds is 4. The van der Waals surface area contributed by atoms with Gasteiger partial charge in [-0.1, -0.05) is 0 Å². The van der Waals surface area contributed by atoms with Gasteiger partial charge in [-0.25, -0.2) is 16.8 Å². The molecule has 1 aliphatic heterocycles. The van der Waals surface area contributed by atoms with E-state index in [1.807, 2.05) is 0 Å². The molecule has 102 valence electrons. The zero-order valence-electron chi connectivity index (χ0n) is 10.1. The van der Waals surface area contributed by atoms with Crippen LogP contribution in [-0.2, 0) is 19.9 Å². The van der Waals surface area contributed by atoms with Crippen molar-refractivity contribution in [1.29, 1.82) is 0 Å². The molecule has 0 aromatic carbocycles. The summed E-state index contributed by atoms with van der Waals surface area (Å²) in [7, 11) is -6.89. The average Bonchev–Trinajstić information content (AvgIpc) is 2.12. The highest BCUT2D eigenvalue weighted by atomic mass is 32.2. The molecule has 1 rings (SSSR count). The Kier molecular flexibility index (Phi) is 4.23. The number of β-amino-alcohol motifs (C(OH)–C–C–N with tert-alkyl or cyclic N) is 1. The topological polar surface area (TPSA) is 91.8 Å². The summed E-state index contributed by atoms with van der Waals surface area (Å²) in [4.78, 5) is 0. The maximum Gasteiger partial charge on any atom is 0.215 e. The van der Waals surface area contributed by atoms with Crippen LogP contribution in [-0.4, -0.2) is 62.7 Å². The molecule has 6 nitrogen and oxygen atoms in total. The molecule has 1 saturated heterocycles. The minimum absolute atomic E-state index is 0.0408. The fraction of sp³-hybridized carbons (Fsp3) is 1.00. The van der Waals surface area contributed by atoms with Gasteiger partial charge in [-0.2, -0.15) is 4.31 Å². The van der Waals surface area contributed by atoms with Crippen LogP contribution in [0.5, 0.6) is 0 Å². The lowest BCUT2D eigenvalue weighted by atomic mass is 9.97. The van der Waals surface area contributed by atoms with E-state index >= 15 is 0 Å². The van der Waals surface area contributed by atoms with Gasteiger partial charge in [-0.05, 0) is 19.8 Å². The first-order valence-electron chi connectivity index (χ1n) is 5.40. The molecule has 0 amide bonds. The van der Waals surface area contributed by atoms with Gasteiger partial charge in [0, 0.05) is 19.3 Å². The summed E-state index contributed by atoms with van der Waals surface area (Å²) < 4.78 is 46.8. The van der Waals surface area contributed by atoms with Crippen molar-refractivity contribution in [2.75, 3.05) is 30.9 Å². The number of hydrogen-bond acceptors (Lipinski definition) is 5. The van der Waals surface area contributed by atoms with E-state index in [2.05, 4.69) is 0 Å². The summed E-state index contributed by atoms with van der Waals surface area (Å²) in [6.45, 7) is 1.98. The van der Waals surface area contributed by atoms with Crippen LogP contribution in [0.3, 0.4) is 0 Å². The van der Waals surface area contributed by atoms with E-state index in [4.69, 9.17) is 0 Å². The second-order valence-corrected chi connectivity index (χ2v) is 9.23. The standard InChI is InChI=1S/C9H19NO5S2/c1-9(11)4-3-5-10(8-9)17(14,15)7-6-16(2,12)13/h11H,3-8H2,1-2H3. The maximum absolute atomic E-state index is 11.9. The van der Waals surface area contributed by atoms with E-state index in [1.165, 1.54) is 4.31 Å². The normalized spacial score (nSPS) is 28.2. The number of piperidine rings is 1. The molecule has 1 atom stereocenters. The van der Waals surface area contributed by atoms with Gasteiger partial charge in [0.05, 0.1) is 17.1 Å². The van der Waals surface area contributed by atoms with Gasteiger partial charge in [-0.15, -0.1) is 0 Å². The molecule has 1 fully saturated rings. The Morgan fingerprint density at radius 1 is 1.24 bits per heavy atom. The van der Waals surface area contributed by atoms with Gasteiger partial charge >= 0.3 is 0 Å². The van der Waals surface area contributed by atoms with E-state index in [9.17, 15) is 21.9 Å². The molecule has 0 aromatic rings. The van der Waals surface area contributed by atoms with Gasteiger partial charge < -0.3 is 5.11 Å². The van der Waals surface area contributed by atoms with Gasteiger partial charge in [-0.3, -0.25) is 0 Å². The first-order valence-corrected chi connectivity index (χ1v) is 9.07. The van der Waals surface area contributed by atoms with Crippen LogP contribution in [0.25, 0.3) is 0 Å². The molecular formula is C9H19NO5S2. The van der Waals surface area contributed by atoms with Gasteiger partial charge in [0.15, 0.2) is 0 Å². The van der Waals surface area contributed by atoms with Crippen LogP contribution in [0.4, 0.5) is 0 Å². The SMILES string of the molecule is CC1(O)CCCN(S(=O)(=O)CCS(C)(=O)=O)C1. The molecular weight excluding hydrogens is 266 g/mol. The zero-order valence-corrected chi connectivity index (χ0v) is 11.7. The number of aliphatic hydroxyl groups is 1. The lowest BCUT2D eigenvalue weighted by Gasteiger charge is -2.35. The fourth-order valence-electron chi connectivity index (χ4n) is 1.80. The molecule has 0 saturated carbocycles. The molecule has 0 aromatic heterocycles. The minimum Gasteiger partial charge on any atom is -0.389 e. The molecule has 0 aliphatic carbocycles. The molecule has 8 heteroatoms. The number of sulfonamides is 1. The first-order chi connectivity index (χ1) is 7.52. The molecule has 1 aliphatic rings. The molecule has 17 heavy (non-hydrogen) atoms. The maximum atomic E-state index is 11.9. The van der Waals surface area contributed by atoms with E-state index in [1.54, 1.807) is 6.92 Å². The van der Waals surface area contributed by atoms with Crippen molar-refractivity contribution in [3.05, 3.63) is 0 Å². The van der Waals surface area contributed by atoms with Crippen LogP contribution in [0.15, 0.2) is 0 Å². The Labute approximate surface area is 103 Å². The number of sulfone groups is 1. The molecule has 1 N–H and O–H groups in total. The second kappa shape index (κ2) is 4.83. The second-order valence-electron chi connectivity index (χ2n) is 4.88. The summed E-state index contributed by atoms with van der Waals surface area (Å²) >= 11 is 0. The average molecular weight is 285 g/mol. The first kappa shape index (κ1) is 14.9. The third-order valence-electron chi connectivity index (χ3n) is 2.75. The fourth-order valence-corrected chi connectivity index (χ4v) is 4.99. The minimum atomic E-state index is -3.59. The van der Waals surface area contributed by atoms with Crippen molar-refractivity contribution < 1.29 is 21.9 Å². The van der Waals surface area contributed by atoms with Gasteiger partial charge in [0.1, 0.15) is 9.84 Å². The quantitative estimate of drug-likeness (QED) is 0.730. The Hall–Kier alpha value is -0.180. The van der Waals surface area contributed by atoms with Crippen LogP contribution >= 0.6 is 0 Å². The summed E-state index contributed by atoms with van der Waals surface area (Å²) in [5, 5.41) is 9.81. The number of hydrogen-bond donors (Lipinski definition) is 1. The summed E-state index contributed by atoms with van der Waals surface area (Å²) in [6.07, 6.45) is 2.16. The monoisotopic (exact) mass is 285 g/mol. The lowest BCUT2D eigenvalue weighted by molar-refractivity contribution is 0.00945. The summed E-state index contributed by atoms with van der Waals surface area (Å²) in [6, 6.07) is 0. The molecule has 0 spiro atoms. The predicted molar refractivity (Wildman–Crippen MR) is 64.9 cm³/mol. The van der Waals surface area contributed by atoms with Crippen LogP contribution < -0.4 is 0 Å². The predicted octanol–water partition coefficient (Wildman–Crippen LogP) is -0.792. The van der Waals surface area contributed by atoms with Crippen molar-refractivity contribution in [1.82, 2.24) is 4.31 Å². The molecule has 1 heterocycles. The van der Waals surface area contributed by atoms with Gasteiger partial charge in [0.25, 0.3) is 0 Å². The summed E-state index contributed by atoms with van der Waals surface area (Å²) in [5.41, 5.74) is -1.02. The van der Waals surface area contributed by atoms with Crippen molar-refractivity contribution in [2.24, 2.45) is 0 Å². The third kappa shape index (κ3) is 4.90. The van der Waals surface area contributed by atoms with Crippen LogP contribution in [0.1, 0.15) is 19.8 Å². The third-order valence-corrected chi connectivity index (χ3v) is 5.77. The number of nitrogens with zero attached hydrogens (tertiary/aromatic N) is 1. The van der Waals surface area contributed by atoms with Crippen molar-refractivity contribution in [3.63, 3.8) is 0 Å². The zero-order chi connectivity index (χ0) is 13.3. The van der Waals surface area contributed by atoms with E-state index in [-0.39, 0.29) is 12.3 Å². The summed E-state index contributed by atoms with van der Waals surface area (Å²) in [5.74, 6) is -0.796. The van der Waals surface area contributed by atoms with Crippen LogP contribution in [0, 0.1) is 0 Å². The molecule has 0 radical (unpaired) electrons. The van der Waals surface area contributed by atoms with Crippen molar-refractivity contribution in [2.45, 2.75) is 25.4 Å². The molecule has 0 bridgehead atoms. The van der Waals surface area contributed by atoms with E-state index in [0.29, 0.717) is 19.4 Å². The Balaban J connectivity index is 2.71.